The van der Waals surface area contributed by atoms with E-state index >= 15 is 0 Å². The van der Waals surface area contributed by atoms with Gasteiger partial charge in [0.2, 0.25) is 0 Å². The van der Waals surface area contributed by atoms with Crippen LogP contribution in [0.15, 0.2) is 0 Å². The maximum Gasteiger partial charge on any atom is 1.00 e. The van der Waals surface area contributed by atoms with Crippen molar-refractivity contribution >= 4 is 11.9 Å². The van der Waals surface area contributed by atoms with E-state index in [1.165, 1.54) is 0 Å². The summed E-state index contributed by atoms with van der Waals surface area (Å²) < 4.78 is 4.00. The van der Waals surface area contributed by atoms with Crippen molar-refractivity contribution < 1.29 is 77.4 Å². The molecular weight excluding hydrogens is 191 g/mol. The van der Waals surface area contributed by atoms with Crippen LogP contribution in [0.1, 0.15) is 15.3 Å². The molecule has 66 valence electrons. The number of ether oxygens (including phenoxy) is 1. The first kappa shape index (κ1) is 15.2. The van der Waals surface area contributed by atoms with Crippen LogP contribution in [0, 0.1) is 0 Å². The predicted octanol–water partition coefficient (Wildman–Crippen LogP) is -4.07. The van der Waals surface area contributed by atoms with Gasteiger partial charge in [0.1, 0.15) is 12.2 Å². The molecule has 12 heavy (non-hydrogen) atoms. The van der Waals surface area contributed by atoms with E-state index in [-0.39, 0.29) is 52.8 Å². The number of esters is 2. The van der Waals surface area contributed by atoms with Crippen LogP contribution in [0.5, 0.6) is 0 Å². The number of aliphatic hydroxyl groups is 2. The van der Waals surface area contributed by atoms with E-state index in [1.54, 1.807) is 0 Å². The molecular formula is C6H11KO5. The molecule has 0 bridgehead atoms. The molecule has 0 aromatic rings. The average Bonchev–Trinajstić information content (AvgIpc) is 1.87. The normalized spacial score (nSPS) is 14.0. The second-order valence-electron chi connectivity index (χ2n) is 2.09. The Balaban J connectivity index is -0.000000500. The average molecular weight is 202 g/mol. The molecule has 0 aromatic carbocycles. The molecule has 5 nitrogen and oxygen atoms in total. The third-order valence-electron chi connectivity index (χ3n) is 0.883. The zero-order chi connectivity index (χ0) is 9.02. The van der Waals surface area contributed by atoms with Gasteiger partial charge >= 0.3 is 63.3 Å². The van der Waals surface area contributed by atoms with Gasteiger partial charge in [0, 0.05) is 0 Å². The second-order valence-corrected chi connectivity index (χ2v) is 2.09. The smallest absolute Gasteiger partial charge is 1.00 e. The van der Waals surface area contributed by atoms with Crippen LogP contribution >= 0.6 is 0 Å². The summed E-state index contributed by atoms with van der Waals surface area (Å²) in [6.45, 7) is 2.33. The third kappa shape index (κ3) is 6.24. The van der Waals surface area contributed by atoms with Crippen LogP contribution in [0.25, 0.3) is 0 Å². The van der Waals surface area contributed by atoms with Gasteiger partial charge in [0.05, 0.1) is 0 Å². The number of rotatable bonds is 2. The van der Waals surface area contributed by atoms with E-state index in [9.17, 15) is 9.59 Å². The SMILES string of the molecule is CC(O)C(=O)OC(=O)C(C)O.[H-].[K+]. The van der Waals surface area contributed by atoms with Gasteiger partial charge in [-0.05, 0) is 13.8 Å². The Kier molecular flexibility index (Phi) is 9.02. The van der Waals surface area contributed by atoms with Crippen LogP contribution in [-0.4, -0.2) is 34.4 Å². The number of carbonyl (C=O) groups excluding carboxylic acids is 2. The fourth-order valence-corrected chi connectivity index (χ4v) is 0.270. The third-order valence-corrected chi connectivity index (χ3v) is 0.883. The molecule has 0 amide bonds. The van der Waals surface area contributed by atoms with Crippen molar-refractivity contribution in [3.63, 3.8) is 0 Å². The van der Waals surface area contributed by atoms with E-state index in [2.05, 4.69) is 4.74 Å². The number of carbonyl (C=O) groups is 2. The fourth-order valence-electron chi connectivity index (χ4n) is 0.270. The Hall–Kier alpha value is 0.696. The van der Waals surface area contributed by atoms with Gasteiger partial charge < -0.3 is 16.4 Å². The van der Waals surface area contributed by atoms with E-state index in [4.69, 9.17) is 10.2 Å². The van der Waals surface area contributed by atoms with Crippen molar-refractivity contribution in [2.75, 3.05) is 0 Å². The Morgan fingerprint density at radius 3 is 1.58 bits per heavy atom. The van der Waals surface area contributed by atoms with Crippen molar-refractivity contribution in [2.24, 2.45) is 0 Å². The van der Waals surface area contributed by atoms with E-state index in [1.807, 2.05) is 0 Å². The molecule has 0 spiro atoms. The van der Waals surface area contributed by atoms with Crippen LogP contribution in [0.2, 0.25) is 0 Å². The van der Waals surface area contributed by atoms with Gasteiger partial charge in [0.15, 0.2) is 0 Å². The molecule has 2 N–H and O–H groups in total. The summed E-state index contributed by atoms with van der Waals surface area (Å²) in [6.07, 6.45) is -2.70. The molecule has 0 saturated heterocycles. The molecule has 0 heterocycles. The molecule has 2 unspecified atom stereocenters. The monoisotopic (exact) mass is 202 g/mol. The largest absolute Gasteiger partial charge is 1.00 e. The van der Waals surface area contributed by atoms with Crippen molar-refractivity contribution in [1.29, 1.82) is 0 Å². The summed E-state index contributed by atoms with van der Waals surface area (Å²) in [7, 11) is 0. The topological polar surface area (TPSA) is 83.8 Å². The molecule has 6 heteroatoms. The van der Waals surface area contributed by atoms with Crippen LogP contribution in [-0.2, 0) is 14.3 Å². The minimum Gasteiger partial charge on any atom is -1.00 e. The number of hydrogen-bond acceptors (Lipinski definition) is 5. The Bertz CT molecular complexity index is 152. The second kappa shape index (κ2) is 7.13. The summed E-state index contributed by atoms with van der Waals surface area (Å²) in [5.41, 5.74) is 0. The molecule has 0 rings (SSSR count). The summed E-state index contributed by atoms with van der Waals surface area (Å²) in [4.78, 5) is 20.9. The van der Waals surface area contributed by atoms with Gasteiger partial charge in [-0.2, -0.15) is 0 Å². The molecule has 0 aromatic heterocycles. The maximum atomic E-state index is 10.5. The Labute approximate surface area is 114 Å². The van der Waals surface area contributed by atoms with Crippen LogP contribution in [0.3, 0.4) is 0 Å². The quantitative estimate of drug-likeness (QED) is 0.270. The van der Waals surface area contributed by atoms with Gasteiger partial charge in [-0.1, -0.05) is 0 Å². The zero-order valence-electron chi connectivity index (χ0n) is 8.27. The first-order valence-electron chi connectivity index (χ1n) is 3.06. The standard InChI is InChI=1S/C6H10O5.K.H/c1-3(7)5(9)11-6(10)4(2)8;;/h3-4,7-8H,1-2H3;;/q;+1;-1. The molecule has 0 saturated carbocycles. The van der Waals surface area contributed by atoms with E-state index < -0.39 is 24.1 Å². The summed E-state index contributed by atoms with van der Waals surface area (Å²) in [5, 5.41) is 17.1. The fraction of sp³-hybridized carbons (Fsp3) is 0.667. The predicted molar refractivity (Wildman–Crippen MR) is 35.6 cm³/mol. The van der Waals surface area contributed by atoms with Gasteiger partial charge in [-0.25, -0.2) is 9.59 Å². The van der Waals surface area contributed by atoms with E-state index in [0.29, 0.717) is 0 Å². The van der Waals surface area contributed by atoms with Crippen LogP contribution in [0.4, 0.5) is 0 Å². The number of hydrogen-bond donors (Lipinski definition) is 2. The summed E-state index contributed by atoms with van der Waals surface area (Å²) in [6, 6.07) is 0. The first-order chi connectivity index (χ1) is 4.95. The van der Waals surface area contributed by atoms with E-state index in [0.717, 1.165) is 13.8 Å². The Morgan fingerprint density at radius 1 is 1.17 bits per heavy atom. The molecule has 0 aliphatic rings. The molecule has 2 atom stereocenters. The van der Waals surface area contributed by atoms with Crippen molar-refractivity contribution in [1.82, 2.24) is 0 Å². The van der Waals surface area contributed by atoms with Crippen molar-refractivity contribution in [2.45, 2.75) is 26.1 Å². The Morgan fingerprint density at radius 2 is 1.42 bits per heavy atom. The van der Waals surface area contributed by atoms with Crippen molar-refractivity contribution in [3.8, 4) is 0 Å². The first-order valence-corrected chi connectivity index (χ1v) is 3.06. The summed E-state index contributed by atoms with van der Waals surface area (Å²) >= 11 is 0. The molecule has 0 aliphatic carbocycles. The summed E-state index contributed by atoms with van der Waals surface area (Å²) in [5.74, 6) is -2.12. The van der Waals surface area contributed by atoms with Gasteiger partial charge in [0.25, 0.3) is 0 Å². The maximum absolute atomic E-state index is 10.5. The molecule has 0 aliphatic heterocycles. The van der Waals surface area contributed by atoms with Crippen LogP contribution < -0.4 is 51.4 Å². The minimum atomic E-state index is -1.35. The van der Waals surface area contributed by atoms with Gasteiger partial charge in [-0.3, -0.25) is 0 Å². The molecule has 0 fully saturated rings. The van der Waals surface area contributed by atoms with Gasteiger partial charge in [-0.15, -0.1) is 0 Å². The minimum absolute atomic E-state index is 0. The zero-order valence-corrected chi connectivity index (χ0v) is 10.4. The molecule has 0 radical (unpaired) electrons. The number of aliphatic hydroxyl groups excluding tert-OH is 2. The van der Waals surface area contributed by atoms with Crippen molar-refractivity contribution in [3.05, 3.63) is 0 Å².